The third-order valence-corrected chi connectivity index (χ3v) is 6.67. The lowest BCUT2D eigenvalue weighted by Gasteiger charge is -2.31. The number of hydrogen-bond donors (Lipinski definition) is 0. The van der Waals surface area contributed by atoms with Crippen molar-refractivity contribution in [1.29, 1.82) is 0 Å². The van der Waals surface area contributed by atoms with Crippen LogP contribution in [0.15, 0.2) is 53.6 Å². The number of sulfonamides is 1. The highest BCUT2D eigenvalue weighted by atomic mass is 32.2. The second kappa shape index (κ2) is 6.69. The van der Waals surface area contributed by atoms with Gasteiger partial charge in [-0.1, -0.05) is 6.07 Å². The van der Waals surface area contributed by atoms with Crippen molar-refractivity contribution in [3.63, 3.8) is 0 Å². The van der Waals surface area contributed by atoms with Gasteiger partial charge in [0, 0.05) is 25.2 Å². The van der Waals surface area contributed by atoms with E-state index in [0.29, 0.717) is 18.8 Å². The first kappa shape index (κ1) is 17.0. The Hall–Kier alpha value is -2.45. The minimum Gasteiger partial charge on any atom is -0.497 e. The molecule has 1 aliphatic rings. The monoisotopic (exact) mass is 372 g/mol. The van der Waals surface area contributed by atoms with Crippen molar-refractivity contribution in [2.45, 2.75) is 23.7 Å². The summed E-state index contributed by atoms with van der Waals surface area (Å²) < 4.78 is 34.6. The Balaban J connectivity index is 1.61. The molecule has 0 unspecified atom stereocenters. The Bertz CT molecular complexity index is 1010. The normalized spacial score (nSPS) is 18.9. The van der Waals surface area contributed by atoms with E-state index < -0.39 is 10.0 Å². The van der Waals surface area contributed by atoms with E-state index in [0.717, 1.165) is 24.3 Å². The Morgan fingerprint density at radius 3 is 2.69 bits per heavy atom. The average Bonchev–Trinajstić information content (AvgIpc) is 3.12. The predicted molar refractivity (Wildman–Crippen MR) is 96.7 cm³/mol. The van der Waals surface area contributed by atoms with Gasteiger partial charge in [0.05, 0.1) is 12.0 Å². The molecule has 0 saturated carbocycles. The number of ether oxygens (including phenoxy) is 1. The lowest BCUT2D eigenvalue weighted by molar-refractivity contribution is 0.308. The summed E-state index contributed by atoms with van der Waals surface area (Å²) in [5.41, 5.74) is 0.776. The van der Waals surface area contributed by atoms with Crippen LogP contribution in [-0.2, 0) is 10.0 Å². The molecule has 0 amide bonds. The molecule has 1 aliphatic heterocycles. The molecular formula is C18H20N4O3S. The third kappa shape index (κ3) is 2.95. The van der Waals surface area contributed by atoms with Crippen LogP contribution in [0.4, 0.5) is 0 Å². The second-order valence-electron chi connectivity index (χ2n) is 6.36. The fourth-order valence-corrected chi connectivity index (χ4v) is 4.93. The van der Waals surface area contributed by atoms with Crippen molar-refractivity contribution in [3.8, 4) is 5.75 Å². The van der Waals surface area contributed by atoms with Gasteiger partial charge >= 0.3 is 0 Å². The van der Waals surface area contributed by atoms with Gasteiger partial charge < -0.3 is 4.74 Å². The van der Waals surface area contributed by atoms with Crippen LogP contribution in [0.25, 0.3) is 5.65 Å². The maximum Gasteiger partial charge on any atom is 0.243 e. The highest BCUT2D eigenvalue weighted by Gasteiger charge is 2.32. The molecule has 1 saturated heterocycles. The number of aromatic nitrogens is 3. The Morgan fingerprint density at radius 2 is 1.92 bits per heavy atom. The molecule has 1 aromatic carbocycles. The summed E-state index contributed by atoms with van der Waals surface area (Å²) >= 11 is 0. The van der Waals surface area contributed by atoms with E-state index in [-0.39, 0.29) is 10.8 Å². The summed E-state index contributed by atoms with van der Waals surface area (Å²) in [7, 11) is -1.99. The molecule has 2 aromatic heterocycles. The Kier molecular flexibility index (Phi) is 4.37. The van der Waals surface area contributed by atoms with Crippen molar-refractivity contribution in [3.05, 3.63) is 54.5 Å². The van der Waals surface area contributed by atoms with E-state index >= 15 is 0 Å². The van der Waals surface area contributed by atoms with Gasteiger partial charge in [0.2, 0.25) is 10.0 Å². The van der Waals surface area contributed by atoms with Gasteiger partial charge in [0.25, 0.3) is 0 Å². The van der Waals surface area contributed by atoms with E-state index in [4.69, 9.17) is 4.74 Å². The van der Waals surface area contributed by atoms with Crippen LogP contribution in [0.3, 0.4) is 0 Å². The number of hydrogen-bond acceptors (Lipinski definition) is 5. The Morgan fingerprint density at radius 1 is 1.12 bits per heavy atom. The SMILES string of the molecule is COc1ccc(S(=O)(=O)N2CCC[C@@H](c3nnc4ccccn34)C2)cc1. The molecule has 0 N–H and O–H groups in total. The van der Waals surface area contributed by atoms with Gasteiger partial charge in [0.1, 0.15) is 11.6 Å². The molecule has 1 atom stereocenters. The smallest absolute Gasteiger partial charge is 0.243 e. The standard InChI is InChI=1S/C18H20N4O3S/c1-25-15-7-9-16(10-8-15)26(23,24)21-11-4-5-14(13-21)18-20-19-17-6-2-3-12-22(17)18/h2-3,6-10,12,14H,4-5,11,13H2,1H3/t14-/m1/s1. The number of pyridine rings is 1. The van der Waals surface area contributed by atoms with Crippen LogP contribution < -0.4 is 4.74 Å². The van der Waals surface area contributed by atoms with Gasteiger partial charge in [0.15, 0.2) is 5.65 Å². The quantitative estimate of drug-likeness (QED) is 0.702. The first-order valence-corrected chi connectivity index (χ1v) is 9.97. The maximum atomic E-state index is 13.0. The number of methoxy groups -OCH3 is 1. The molecule has 3 aromatic rings. The highest BCUT2D eigenvalue weighted by molar-refractivity contribution is 7.89. The van der Waals surface area contributed by atoms with Gasteiger partial charge in [-0.25, -0.2) is 8.42 Å². The molecule has 3 heterocycles. The molecule has 0 radical (unpaired) electrons. The molecule has 0 aliphatic carbocycles. The van der Waals surface area contributed by atoms with Crippen molar-refractivity contribution >= 4 is 15.7 Å². The topological polar surface area (TPSA) is 76.8 Å². The molecule has 4 rings (SSSR count). The van der Waals surface area contributed by atoms with Crippen LogP contribution in [0.1, 0.15) is 24.6 Å². The van der Waals surface area contributed by atoms with E-state index in [1.54, 1.807) is 35.7 Å². The van der Waals surface area contributed by atoms with Gasteiger partial charge in [-0.2, -0.15) is 4.31 Å². The summed E-state index contributed by atoms with van der Waals surface area (Å²) in [5, 5.41) is 8.50. The van der Waals surface area contributed by atoms with Crippen molar-refractivity contribution in [2.75, 3.05) is 20.2 Å². The summed E-state index contributed by atoms with van der Waals surface area (Å²) in [5.74, 6) is 1.47. The summed E-state index contributed by atoms with van der Waals surface area (Å²) in [6, 6.07) is 12.2. The first-order valence-electron chi connectivity index (χ1n) is 8.53. The number of piperidine rings is 1. The molecule has 26 heavy (non-hydrogen) atoms. The zero-order valence-corrected chi connectivity index (χ0v) is 15.3. The number of rotatable bonds is 4. The van der Waals surface area contributed by atoms with Gasteiger partial charge in [-0.15, -0.1) is 10.2 Å². The molecule has 136 valence electrons. The second-order valence-corrected chi connectivity index (χ2v) is 8.30. The minimum absolute atomic E-state index is 0.0224. The van der Waals surface area contributed by atoms with Crippen LogP contribution in [0, 0.1) is 0 Å². The Labute approximate surface area is 152 Å². The van der Waals surface area contributed by atoms with E-state index in [2.05, 4.69) is 10.2 Å². The third-order valence-electron chi connectivity index (χ3n) is 4.79. The number of benzene rings is 1. The predicted octanol–water partition coefficient (Wildman–Crippen LogP) is 2.31. The molecule has 8 heteroatoms. The van der Waals surface area contributed by atoms with Gasteiger partial charge in [-0.05, 0) is 49.2 Å². The van der Waals surface area contributed by atoms with Crippen LogP contribution in [0.2, 0.25) is 0 Å². The lowest BCUT2D eigenvalue weighted by Crippen LogP contribution is -2.39. The summed E-state index contributed by atoms with van der Waals surface area (Å²) in [6.45, 7) is 0.922. The molecule has 7 nitrogen and oxygen atoms in total. The van der Waals surface area contributed by atoms with Gasteiger partial charge in [-0.3, -0.25) is 4.40 Å². The molecule has 0 spiro atoms. The summed E-state index contributed by atoms with van der Waals surface area (Å²) in [4.78, 5) is 0.282. The summed E-state index contributed by atoms with van der Waals surface area (Å²) in [6.07, 6.45) is 3.60. The number of nitrogens with zero attached hydrogens (tertiary/aromatic N) is 4. The van der Waals surface area contributed by atoms with Crippen molar-refractivity contribution in [1.82, 2.24) is 18.9 Å². The molecule has 0 bridgehead atoms. The maximum absolute atomic E-state index is 13.0. The van der Waals surface area contributed by atoms with Crippen molar-refractivity contribution in [2.24, 2.45) is 0 Å². The average molecular weight is 372 g/mol. The largest absolute Gasteiger partial charge is 0.497 e. The fourth-order valence-electron chi connectivity index (χ4n) is 3.41. The fraction of sp³-hybridized carbons (Fsp3) is 0.333. The zero-order valence-electron chi connectivity index (χ0n) is 14.4. The zero-order chi connectivity index (χ0) is 18.1. The lowest BCUT2D eigenvalue weighted by atomic mass is 9.99. The van der Waals surface area contributed by atoms with Crippen molar-refractivity contribution < 1.29 is 13.2 Å². The van der Waals surface area contributed by atoms with E-state index in [1.807, 2.05) is 28.8 Å². The highest BCUT2D eigenvalue weighted by Crippen LogP contribution is 2.30. The van der Waals surface area contributed by atoms with E-state index in [9.17, 15) is 8.42 Å². The minimum atomic E-state index is -3.54. The first-order chi connectivity index (χ1) is 12.6. The number of fused-ring (bicyclic) bond motifs is 1. The van der Waals surface area contributed by atoms with E-state index in [1.165, 1.54) is 0 Å². The van der Waals surface area contributed by atoms with Crippen LogP contribution >= 0.6 is 0 Å². The molecule has 1 fully saturated rings. The molecular weight excluding hydrogens is 352 g/mol. The van der Waals surface area contributed by atoms with Crippen LogP contribution in [0.5, 0.6) is 5.75 Å². The van der Waals surface area contributed by atoms with Crippen LogP contribution in [-0.4, -0.2) is 47.5 Å².